The van der Waals surface area contributed by atoms with Gasteiger partial charge < -0.3 is 5.73 Å². The van der Waals surface area contributed by atoms with Crippen molar-refractivity contribution in [3.05, 3.63) is 41.0 Å². The number of hydrogen-bond donors (Lipinski definition) is 1. The summed E-state index contributed by atoms with van der Waals surface area (Å²) in [6.07, 6.45) is 2.23. The molecule has 0 unspecified atom stereocenters. The largest absolute Gasteiger partial charge is 0.393 e. The molecule has 2 aromatic rings. The predicted octanol–water partition coefficient (Wildman–Crippen LogP) is 2.72. The molecule has 0 aliphatic carbocycles. The highest BCUT2D eigenvalue weighted by atomic mass is 35.5. The molecule has 0 atom stereocenters. The average Bonchev–Trinajstić information content (AvgIpc) is 2.22. The number of benzene rings is 1. The maximum atomic E-state index is 6.09. The molecular formula is C11H9ClN2S. The van der Waals surface area contributed by atoms with Crippen molar-refractivity contribution in [1.29, 1.82) is 0 Å². The molecule has 0 aliphatic rings. The quantitative estimate of drug-likeness (QED) is 0.815. The molecule has 15 heavy (non-hydrogen) atoms. The van der Waals surface area contributed by atoms with Gasteiger partial charge in [0.25, 0.3) is 0 Å². The first kappa shape index (κ1) is 10.3. The van der Waals surface area contributed by atoms with Crippen LogP contribution in [0, 0.1) is 0 Å². The lowest BCUT2D eigenvalue weighted by atomic mass is 10.1. The third-order valence-corrected chi connectivity index (χ3v) is 2.67. The molecule has 2 rings (SSSR count). The fourth-order valence-corrected chi connectivity index (χ4v) is 1.89. The first-order valence-electron chi connectivity index (χ1n) is 4.49. The van der Waals surface area contributed by atoms with E-state index in [1.54, 1.807) is 6.20 Å². The van der Waals surface area contributed by atoms with Crippen LogP contribution in [-0.2, 0) is 6.42 Å². The Morgan fingerprint density at radius 1 is 1.40 bits per heavy atom. The van der Waals surface area contributed by atoms with E-state index < -0.39 is 0 Å². The molecule has 0 amide bonds. The van der Waals surface area contributed by atoms with Crippen molar-refractivity contribution in [2.24, 2.45) is 5.73 Å². The molecule has 0 saturated carbocycles. The first-order valence-corrected chi connectivity index (χ1v) is 5.27. The van der Waals surface area contributed by atoms with E-state index in [-0.39, 0.29) is 0 Å². The third kappa shape index (κ3) is 2.08. The number of pyridine rings is 1. The Labute approximate surface area is 98.1 Å². The van der Waals surface area contributed by atoms with Gasteiger partial charge in [-0.15, -0.1) is 0 Å². The zero-order valence-electron chi connectivity index (χ0n) is 7.90. The standard InChI is InChI=1S/C11H9ClN2S/c12-9-4-3-7-2-1-5-14-11(7)8(9)6-10(13)15/h1-5H,6H2,(H2,13,15). The highest BCUT2D eigenvalue weighted by Gasteiger charge is 2.07. The van der Waals surface area contributed by atoms with E-state index in [2.05, 4.69) is 4.98 Å². The number of halogens is 1. The van der Waals surface area contributed by atoms with Gasteiger partial charge in [0.15, 0.2) is 0 Å². The molecular weight excluding hydrogens is 228 g/mol. The van der Waals surface area contributed by atoms with Gasteiger partial charge in [-0.1, -0.05) is 36.0 Å². The van der Waals surface area contributed by atoms with E-state index in [0.29, 0.717) is 16.4 Å². The summed E-state index contributed by atoms with van der Waals surface area (Å²) in [5.74, 6) is 0. The molecule has 2 N–H and O–H groups in total. The number of hydrogen-bond acceptors (Lipinski definition) is 2. The Balaban J connectivity index is 2.68. The van der Waals surface area contributed by atoms with E-state index in [9.17, 15) is 0 Å². The predicted molar refractivity (Wildman–Crippen MR) is 67.2 cm³/mol. The molecule has 1 aromatic carbocycles. The summed E-state index contributed by atoms with van der Waals surface area (Å²) >= 11 is 11.0. The number of aromatic nitrogens is 1. The van der Waals surface area contributed by atoms with Crippen molar-refractivity contribution in [2.75, 3.05) is 0 Å². The third-order valence-electron chi connectivity index (χ3n) is 2.17. The van der Waals surface area contributed by atoms with Crippen LogP contribution in [0.25, 0.3) is 10.9 Å². The fraction of sp³-hybridized carbons (Fsp3) is 0.0909. The van der Waals surface area contributed by atoms with Gasteiger partial charge in [0.2, 0.25) is 0 Å². The molecule has 0 spiro atoms. The lowest BCUT2D eigenvalue weighted by molar-refractivity contribution is 1.30. The van der Waals surface area contributed by atoms with E-state index in [1.165, 1.54) is 0 Å². The molecule has 76 valence electrons. The molecule has 0 saturated heterocycles. The van der Waals surface area contributed by atoms with Crippen LogP contribution < -0.4 is 5.73 Å². The SMILES string of the molecule is NC(=S)Cc1c(Cl)ccc2cccnc12. The minimum atomic E-state index is 0.426. The summed E-state index contributed by atoms with van der Waals surface area (Å²) in [6.45, 7) is 0. The molecule has 1 aromatic heterocycles. The Morgan fingerprint density at radius 2 is 2.20 bits per heavy atom. The van der Waals surface area contributed by atoms with Crippen molar-refractivity contribution in [3.8, 4) is 0 Å². The van der Waals surface area contributed by atoms with E-state index in [0.717, 1.165) is 16.5 Å². The van der Waals surface area contributed by atoms with Gasteiger partial charge >= 0.3 is 0 Å². The minimum absolute atomic E-state index is 0.426. The maximum Gasteiger partial charge on any atom is 0.0773 e. The summed E-state index contributed by atoms with van der Waals surface area (Å²) in [4.78, 5) is 4.72. The van der Waals surface area contributed by atoms with Crippen molar-refractivity contribution >= 4 is 39.7 Å². The molecule has 2 nitrogen and oxygen atoms in total. The topological polar surface area (TPSA) is 38.9 Å². The van der Waals surface area contributed by atoms with Crippen molar-refractivity contribution in [1.82, 2.24) is 4.98 Å². The van der Waals surface area contributed by atoms with Crippen LogP contribution in [-0.4, -0.2) is 9.97 Å². The second-order valence-corrected chi connectivity index (χ2v) is 4.18. The smallest absolute Gasteiger partial charge is 0.0773 e. The van der Waals surface area contributed by atoms with Crippen LogP contribution in [0.2, 0.25) is 5.02 Å². The summed E-state index contributed by atoms with van der Waals surface area (Å²) in [5.41, 5.74) is 7.31. The van der Waals surface area contributed by atoms with E-state index in [1.807, 2.05) is 24.3 Å². The number of nitrogens with zero attached hydrogens (tertiary/aromatic N) is 1. The Kier molecular flexibility index (Phi) is 2.84. The summed E-state index contributed by atoms with van der Waals surface area (Å²) in [5, 5.41) is 1.71. The van der Waals surface area contributed by atoms with Crippen LogP contribution in [0.15, 0.2) is 30.5 Å². The normalized spacial score (nSPS) is 10.5. The van der Waals surface area contributed by atoms with Crippen LogP contribution in [0.1, 0.15) is 5.56 Å². The second kappa shape index (κ2) is 4.13. The number of thiocarbonyl (C=S) groups is 1. The number of nitrogens with two attached hydrogens (primary N) is 1. The van der Waals surface area contributed by atoms with Gasteiger partial charge in [0.1, 0.15) is 0 Å². The van der Waals surface area contributed by atoms with E-state index in [4.69, 9.17) is 29.6 Å². The molecule has 4 heteroatoms. The zero-order chi connectivity index (χ0) is 10.8. The summed E-state index contributed by atoms with van der Waals surface area (Å²) in [6, 6.07) is 7.66. The van der Waals surface area contributed by atoms with Crippen molar-refractivity contribution in [2.45, 2.75) is 6.42 Å². The van der Waals surface area contributed by atoms with Gasteiger partial charge in [-0.3, -0.25) is 4.98 Å². The second-order valence-electron chi connectivity index (χ2n) is 3.24. The van der Waals surface area contributed by atoms with Gasteiger partial charge in [-0.2, -0.15) is 0 Å². The molecule has 0 fully saturated rings. The highest BCUT2D eigenvalue weighted by Crippen LogP contribution is 2.24. The summed E-state index contributed by atoms with van der Waals surface area (Å²) in [7, 11) is 0. The zero-order valence-corrected chi connectivity index (χ0v) is 9.48. The first-order chi connectivity index (χ1) is 7.18. The number of rotatable bonds is 2. The highest BCUT2D eigenvalue weighted by molar-refractivity contribution is 7.80. The Morgan fingerprint density at radius 3 is 2.93 bits per heavy atom. The van der Waals surface area contributed by atoms with Crippen LogP contribution in [0.4, 0.5) is 0 Å². The molecule has 0 aliphatic heterocycles. The Bertz CT molecular complexity index is 525. The Hall–Kier alpha value is -1.19. The van der Waals surface area contributed by atoms with Gasteiger partial charge in [0.05, 0.1) is 10.5 Å². The van der Waals surface area contributed by atoms with Crippen LogP contribution in [0.5, 0.6) is 0 Å². The fourth-order valence-electron chi connectivity index (χ4n) is 1.52. The average molecular weight is 237 g/mol. The van der Waals surface area contributed by atoms with Gasteiger partial charge in [0, 0.05) is 28.6 Å². The maximum absolute atomic E-state index is 6.09. The van der Waals surface area contributed by atoms with Crippen molar-refractivity contribution < 1.29 is 0 Å². The summed E-state index contributed by atoms with van der Waals surface area (Å²) < 4.78 is 0. The van der Waals surface area contributed by atoms with E-state index >= 15 is 0 Å². The molecule has 1 heterocycles. The molecule has 0 radical (unpaired) electrons. The lowest BCUT2D eigenvalue weighted by Crippen LogP contribution is -2.11. The van der Waals surface area contributed by atoms with Crippen LogP contribution in [0.3, 0.4) is 0 Å². The lowest BCUT2D eigenvalue weighted by Gasteiger charge is -2.06. The number of fused-ring (bicyclic) bond motifs is 1. The van der Waals surface area contributed by atoms with Gasteiger partial charge in [-0.05, 0) is 12.1 Å². The molecule has 0 bridgehead atoms. The van der Waals surface area contributed by atoms with Crippen molar-refractivity contribution in [3.63, 3.8) is 0 Å². The monoisotopic (exact) mass is 236 g/mol. The van der Waals surface area contributed by atoms with Gasteiger partial charge in [-0.25, -0.2) is 0 Å². The minimum Gasteiger partial charge on any atom is -0.393 e. The van der Waals surface area contributed by atoms with Crippen LogP contribution >= 0.6 is 23.8 Å².